The van der Waals surface area contributed by atoms with E-state index in [-0.39, 0.29) is 11.7 Å². The zero-order valence-electron chi connectivity index (χ0n) is 17.4. The van der Waals surface area contributed by atoms with Gasteiger partial charge in [0.1, 0.15) is 0 Å². The van der Waals surface area contributed by atoms with Crippen LogP contribution in [0, 0.1) is 10.1 Å². The average molecular weight is 410 g/mol. The summed E-state index contributed by atoms with van der Waals surface area (Å²) in [5.41, 5.74) is 2.62. The lowest BCUT2D eigenvalue weighted by Gasteiger charge is -2.50. The summed E-state index contributed by atoms with van der Waals surface area (Å²) in [4.78, 5) is 12.9. The van der Waals surface area contributed by atoms with Gasteiger partial charge in [0.15, 0.2) is 0 Å². The van der Waals surface area contributed by atoms with Crippen LogP contribution in [-0.2, 0) is 0 Å². The number of non-ortho nitro benzene ring substituents is 1. The number of hydrogen-bond acceptors (Lipinski definition) is 6. The lowest BCUT2D eigenvalue weighted by molar-refractivity contribution is -0.939. The molecular formula is C22H29N6O2+. The van der Waals surface area contributed by atoms with E-state index in [9.17, 15) is 10.1 Å². The number of nitrogens with one attached hydrogen (secondary N) is 1. The predicted octanol–water partition coefficient (Wildman–Crippen LogP) is 3.81. The Bertz CT molecular complexity index is 875. The van der Waals surface area contributed by atoms with E-state index in [0.29, 0.717) is 5.69 Å². The Labute approximate surface area is 177 Å². The van der Waals surface area contributed by atoms with E-state index in [1.807, 2.05) is 12.1 Å². The van der Waals surface area contributed by atoms with Crippen molar-refractivity contribution in [3.05, 3.63) is 64.2 Å². The molecular weight excluding hydrogens is 380 g/mol. The molecule has 8 heteroatoms. The van der Waals surface area contributed by atoms with Crippen LogP contribution in [0.2, 0.25) is 0 Å². The number of hydrogen-bond donors (Lipinski definition) is 1. The molecule has 0 aromatic heterocycles. The van der Waals surface area contributed by atoms with Crippen molar-refractivity contribution in [3.63, 3.8) is 0 Å². The zero-order valence-corrected chi connectivity index (χ0v) is 17.4. The van der Waals surface area contributed by atoms with E-state index < -0.39 is 4.92 Å². The Kier molecular flexibility index (Phi) is 6.17. The van der Waals surface area contributed by atoms with Crippen LogP contribution >= 0.6 is 0 Å². The van der Waals surface area contributed by atoms with Crippen LogP contribution in [0.5, 0.6) is 0 Å². The maximum atomic E-state index is 10.7. The molecule has 3 saturated heterocycles. The summed E-state index contributed by atoms with van der Waals surface area (Å²) in [5.74, 6) is 0. The fourth-order valence-corrected chi connectivity index (χ4v) is 4.29. The summed E-state index contributed by atoms with van der Waals surface area (Å²) in [6.07, 6.45) is 0. The second-order valence-corrected chi connectivity index (χ2v) is 8.32. The highest BCUT2D eigenvalue weighted by Gasteiger charge is 2.37. The highest BCUT2D eigenvalue weighted by Crippen LogP contribution is 2.23. The van der Waals surface area contributed by atoms with E-state index in [2.05, 4.69) is 39.5 Å². The fraction of sp³-hybridized carbons (Fsp3) is 0.455. The first-order valence-corrected chi connectivity index (χ1v) is 10.6. The Balaban J connectivity index is 1.27. The summed E-state index contributed by atoms with van der Waals surface area (Å²) < 4.78 is 1.28. The van der Waals surface area contributed by atoms with E-state index >= 15 is 0 Å². The molecule has 3 aliphatic heterocycles. The molecule has 1 atom stereocenters. The van der Waals surface area contributed by atoms with E-state index in [0.717, 1.165) is 12.2 Å². The Morgan fingerprint density at radius 1 is 1.00 bits per heavy atom. The fourth-order valence-electron chi connectivity index (χ4n) is 4.29. The highest BCUT2D eigenvalue weighted by molar-refractivity contribution is 5.45. The molecule has 0 radical (unpaired) electrons. The number of azo groups is 1. The van der Waals surface area contributed by atoms with Crippen molar-refractivity contribution >= 4 is 17.1 Å². The number of nitrogens with zero attached hydrogens (tertiary/aromatic N) is 5. The number of fused-ring (bicyclic) bond motifs is 3. The molecule has 3 heterocycles. The standard InChI is InChI=1S/C22H29N6O2/c1-18(23-10-14-28-15-11-26(12-16-28)13-17-28)19-2-4-20(5-3-19)24-25-21-6-8-22(9-7-21)27(29)30/h2-9,18,23H,10-17H2,1H3/q+1. The molecule has 1 unspecified atom stereocenters. The summed E-state index contributed by atoms with van der Waals surface area (Å²) >= 11 is 0. The van der Waals surface area contributed by atoms with Crippen molar-refractivity contribution in [3.8, 4) is 0 Å². The number of piperazine rings is 3. The van der Waals surface area contributed by atoms with E-state index in [4.69, 9.17) is 0 Å². The maximum Gasteiger partial charge on any atom is 0.269 e. The van der Waals surface area contributed by atoms with Crippen LogP contribution in [0.4, 0.5) is 17.1 Å². The SMILES string of the molecule is CC(NCC[N+]12CCN(CC1)CC2)c1ccc(N=Nc2ccc([N+](=O)[O-])cc2)cc1. The van der Waals surface area contributed by atoms with Gasteiger partial charge in [-0.3, -0.25) is 15.0 Å². The molecule has 0 saturated carbocycles. The van der Waals surface area contributed by atoms with Gasteiger partial charge in [-0.25, -0.2) is 0 Å². The number of nitro groups is 1. The van der Waals surface area contributed by atoms with Gasteiger partial charge in [-0.15, -0.1) is 0 Å². The minimum Gasteiger partial charge on any atom is -0.319 e. The van der Waals surface area contributed by atoms with Crippen LogP contribution < -0.4 is 5.32 Å². The van der Waals surface area contributed by atoms with Gasteiger partial charge in [-0.1, -0.05) is 12.1 Å². The van der Waals surface area contributed by atoms with Gasteiger partial charge in [0, 0.05) is 44.4 Å². The molecule has 2 bridgehead atoms. The monoisotopic (exact) mass is 409 g/mol. The van der Waals surface area contributed by atoms with E-state index in [1.54, 1.807) is 12.1 Å². The molecule has 3 aliphatic rings. The summed E-state index contributed by atoms with van der Waals surface area (Å²) in [5, 5.41) is 22.8. The van der Waals surface area contributed by atoms with Crippen molar-refractivity contribution in [2.45, 2.75) is 13.0 Å². The highest BCUT2D eigenvalue weighted by atomic mass is 16.6. The maximum absolute atomic E-state index is 10.7. The Morgan fingerprint density at radius 3 is 2.07 bits per heavy atom. The third-order valence-electron chi connectivity index (χ3n) is 6.44. The molecule has 2 aromatic carbocycles. The van der Waals surface area contributed by atoms with Crippen molar-refractivity contribution in [1.29, 1.82) is 0 Å². The number of rotatable bonds is 8. The molecule has 5 rings (SSSR count). The predicted molar refractivity (Wildman–Crippen MR) is 116 cm³/mol. The smallest absolute Gasteiger partial charge is 0.269 e. The van der Waals surface area contributed by atoms with Gasteiger partial charge < -0.3 is 9.80 Å². The lowest BCUT2D eigenvalue weighted by Crippen LogP contribution is -2.68. The van der Waals surface area contributed by atoms with Gasteiger partial charge in [0.05, 0.1) is 42.5 Å². The molecule has 1 N–H and O–H groups in total. The van der Waals surface area contributed by atoms with Crippen LogP contribution in [-0.4, -0.2) is 66.7 Å². The average Bonchev–Trinajstić information content (AvgIpc) is 2.79. The minimum absolute atomic E-state index is 0.0483. The number of nitro benzene ring substituents is 1. The Morgan fingerprint density at radius 2 is 1.53 bits per heavy atom. The molecule has 0 spiro atoms. The summed E-state index contributed by atoms with van der Waals surface area (Å²) in [6.45, 7) is 12.1. The number of quaternary nitrogens is 1. The summed E-state index contributed by atoms with van der Waals surface area (Å²) in [6, 6.07) is 14.4. The van der Waals surface area contributed by atoms with Gasteiger partial charge >= 0.3 is 0 Å². The molecule has 0 amide bonds. The van der Waals surface area contributed by atoms with Crippen LogP contribution in [0.3, 0.4) is 0 Å². The molecule has 30 heavy (non-hydrogen) atoms. The van der Waals surface area contributed by atoms with Crippen molar-refractivity contribution in [2.24, 2.45) is 10.2 Å². The first kappa shape index (κ1) is 20.6. The topological polar surface area (TPSA) is 83.1 Å². The molecule has 3 fully saturated rings. The van der Waals surface area contributed by atoms with Crippen molar-refractivity contribution < 1.29 is 9.41 Å². The van der Waals surface area contributed by atoms with Crippen molar-refractivity contribution in [1.82, 2.24) is 10.2 Å². The second-order valence-electron chi connectivity index (χ2n) is 8.32. The normalized spacial score (nSPS) is 24.2. The second kappa shape index (κ2) is 8.99. The lowest BCUT2D eigenvalue weighted by atomic mass is 10.1. The third kappa shape index (κ3) is 4.89. The van der Waals surface area contributed by atoms with E-state index in [1.165, 1.54) is 68.0 Å². The van der Waals surface area contributed by atoms with Gasteiger partial charge in [0.2, 0.25) is 0 Å². The summed E-state index contributed by atoms with van der Waals surface area (Å²) in [7, 11) is 0. The molecule has 2 aromatic rings. The van der Waals surface area contributed by atoms with Crippen LogP contribution in [0.15, 0.2) is 58.8 Å². The zero-order chi connectivity index (χ0) is 21.0. The first-order valence-electron chi connectivity index (χ1n) is 10.6. The largest absolute Gasteiger partial charge is 0.319 e. The Hall–Kier alpha value is -2.68. The van der Waals surface area contributed by atoms with Crippen LogP contribution in [0.1, 0.15) is 18.5 Å². The molecule has 158 valence electrons. The van der Waals surface area contributed by atoms with Gasteiger partial charge in [0.25, 0.3) is 5.69 Å². The minimum atomic E-state index is -0.425. The molecule has 0 aliphatic carbocycles. The van der Waals surface area contributed by atoms with Crippen molar-refractivity contribution in [2.75, 3.05) is 52.4 Å². The van der Waals surface area contributed by atoms with Gasteiger partial charge in [-0.05, 0) is 36.8 Å². The third-order valence-corrected chi connectivity index (χ3v) is 6.44. The van der Waals surface area contributed by atoms with Gasteiger partial charge in [-0.2, -0.15) is 10.2 Å². The van der Waals surface area contributed by atoms with Crippen LogP contribution in [0.25, 0.3) is 0 Å². The first-order chi connectivity index (χ1) is 14.5. The molecule has 8 nitrogen and oxygen atoms in total. The quantitative estimate of drug-likeness (QED) is 0.311. The number of benzene rings is 2.